The van der Waals surface area contributed by atoms with E-state index in [0.29, 0.717) is 17.1 Å². The number of carboxylic acids is 1. The molecule has 0 fully saturated rings. The van der Waals surface area contributed by atoms with Gasteiger partial charge in [-0.05, 0) is 63.6 Å². The lowest BCUT2D eigenvalue weighted by Crippen LogP contribution is -2.29. The molecule has 2 aromatic rings. The monoisotopic (exact) mass is 504 g/mol. The second-order valence-corrected chi connectivity index (χ2v) is 8.90. The molecule has 1 heterocycles. The number of aromatic carboxylic acids is 1. The van der Waals surface area contributed by atoms with Crippen molar-refractivity contribution < 1.29 is 14.3 Å². The zero-order valence-electron chi connectivity index (χ0n) is 21.3. The number of nitrogens with one attached hydrogen (secondary N) is 1. The summed E-state index contributed by atoms with van der Waals surface area (Å²) in [7, 11) is 0. The van der Waals surface area contributed by atoms with Crippen LogP contribution in [0.4, 0.5) is 11.4 Å². The molecular weight excluding hydrogens is 470 g/mol. The Hall–Kier alpha value is -3.45. The molecule has 0 unspecified atom stereocenters. The predicted molar refractivity (Wildman–Crippen MR) is 153 cm³/mol. The van der Waals surface area contributed by atoms with Gasteiger partial charge in [0.15, 0.2) is 0 Å². The van der Waals surface area contributed by atoms with Gasteiger partial charge in [0.05, 0.1) is 17.5 Å². The van der Waals surface area contributed by atoms with Crippen molar-refractivity contribution in [1.29, 1.82) is 0 Å². The zero-order valence-corrected chi connectivity index (χ0v) is 22.2. The van der Waals surface area contributed by atoms with Gasteiger partial charge in [-0.3, -0.25) is 0 Å². The Kier molecular flexibility index (Phi) is 7.89. The van der Waals surface area contributed by atoms with Crippen LogP contribution in [0.1, 0.15) is 38.1 Å². The van der Waals surface area contributed by atoms with Crippen molar-refractivity contribution in [3.05, 3.63) is 65.5 Å². The number of benzene rings is 3. The molecule has 0 saturated carbocycles. The molecule has 2 N–H and O–H groups in total. The molecule has 0 atom stereocenters. The zero-order chi connectivity index (χ0) is 25.8. The van der Waals surface area contributed by atoms with Crippen molar-refractivity contribution in [3.63, 3.8) is 0 Å². The van der Waals surface area contributed by atoms with Crippen LogP contribution < -0.4 is 20.1 Å². The van der Waals surface area contributed by atoms with Gasteiger partial charge in [0.1, 0.15) is 24.4 Å². The first-order valence-corrected chi connectivity index (χ1v) is 13.1. The van der Waals surface area contributed by atoms with E-state index in [4.69, 9.17) is 4.42 Å². The smallest absolute Gasteiger partial charge is 0.336 e. The Morgan fingerprint density at radius 3 is 2.33 bits per heavy atom. The molecule has 2 aromatic carbocycles. The van der Waals surface area contributed by atoms with Gasteiger partial charge in [0.2, 0.25) is 5.36 Å². The van der Waals surface area contributed by atoms with Crippen LogP contribution in [0.2, 0.25) is 0 Å². The third kappa shape index (κ3) is 4.80. The van der Waals surface area contributed by atoms with Crippen LogP contribution in [-0.4, -0.2) is 43.1 Å². The number of nitrogens with zero attached hydrogens (tertiary/aromatic N) is 2. The summed E-state index contributed by atoms with van der Waals surface area (Å²) in [4.78, 5) is 14.7. The maximum Gasteiger partial charge on any atom is 0.336 e. The molecule has 1 aliphatic carbocycles. The molecule has 0 radical (unpaired) electrons. The summed E-state index contributed by atoms with van der Waals surface area (Å²) in [5, 5.41) is 15.2. The van der Waals surface area contributed by atoms with Gasteiger partial charge in [0, 0.05) is 53.1 Å². The van der Waals surface area contributed by atoms with E-state index in [2.05, 4.69) is 79.4 Å². The molecule has 0 saturated heterocycles. The topological polar surface area (TPSA) is 68.7 Å². The van der Waals surface area contributed by atoms with Gasteiger partial charge in [0.25, 0.3) is 0 Å². The van der Waals surface area contributed by atoms with Gasteiger partial charge in [-0.2, -0.15) is 12.6 Å². The quantitative estimate of drug-likeness (QED) is 0.115. The summed E-state index contributed by atoms with van der Waals surface area (Å²) in [6, 6.07) is 17.8. The lowest BCUT2D eigenvalue weighted by Gasteiger charge is -2.22. The average molecular weight is 505 g/mol. The van der Waals surface area contributed by atoms with Crippen molar-refractivity contribution in [2.45, 2.75) is 27.7 Å². The minimum absolute atomic E-state index is 0.233. The molecule has 188 valence electrons. The van der Waals surface area contributed by atoms with Crippen LogP contribution in [-0.2, 0) is 0 Å². The van der Waals surface area contributed by atoms with Crippen molar-refractivity contribution in [2.24, 2.45) is 0 Å². The fourth-order valence-electron chi connectivity index (χ4n) is 4.87. The standard InChI is InChI=1S/C29H33N3O3S/c1-5-31(6-2)20-10-13-23-26(16-20)35-27-17-21(32(7-3)8-4)11-14-24(27)28(23)22-12-9-19(30-18-36)15-25(22)29(33)34/h9-17H,5-8,18H2,1-4H3,(H2,33,34,36)/p+1. The number of hydrogen-bond donors (Lipinski definition) is 3. The SMILES string of the molecule is CCN(CC)c1ccc2c(-c3ccc(NCS)cc3C(=O)O)c3ccc(=[N+](CC)CC)cc-3oc2c1. The third-order valence-corrected chi connectivity index (χ3v) is 6.91. The molecular formula is C29H34N3O3S+. The number of carbonyl (C=O) groups is 1. The Balaban J connectivity index is 2.11. The summed E-state index contributed by atoms with van der Waals surface area (Å²) in [6.07, 6.45) is 0. The Morgan fingerprint density at radius 2 is 1.69 bits per heavy atom. The van der Waals surface area contributed by atoms with Crippen LogP contribution in [0, 0.1) is 0 Å². The van der Waals surface area contributed by atoms with Crippen LogP contribution in [0.15, 0.2) is 59.0 Å². The molecule has 1 aliphatic heterocycles. The van der Waals surface area contributed by atoms with Crippen LogP contribution in [0.25, 0.3) is 33.4 Å². The second kappa shape index (κ2) is 11.1. The molecule has 4 rings (SSSR count). The number of hydrogen-bond acceptors (Lipinski definition) is 5. The van der Waals surface area contributed by atoms with Crippen LogP contribution >= 0.6 is 12.6 Å². The lowest BCUT2D eigenvalue weighted by atomic mass is 9.90. The minimum atomic E-state index is -0.977. The molecule has 2 aliphatic rings. The van der Waals surface area contributed by atoms with Gasteiger partial charge in [-0.25, -0.2) is 9.37 Å². The van der Waals surface area contributed by atoms with Crippen LogP contribution in [0.3, 0.4) is 0 Å². The molecule has 0 amide bonds. The lowest BCUT2D eigenvalue weighted by molar-refractivity contribution is 0.0698. The number of thiol groups is 1. The summed E-state index contributed by atoms with van der Waals surface area (Å²) in [5.41, 5.74) is 5.15. The first kappa shape index (κ1) is 25.6. The molecule has 7 heteroatoms. The van der Waals surface area contributed by atoms with Crippen molar-refractivity contribution in [1.82, 2.24) is 4.58 Å². The van der Waals surface area contributed by atoms with E-state index in [9.17, 15) is 9.90 Å². The maximum atomic E-state index is 12.4. The van der Waals surface area contributed by atoms with E-state index in [1.807, 2.05) is 24.3 Å². The fourth-order valence-corrected chi connectivity index (χ4v) is 5.05. The highest BCUT2D eigenvalue weighted by Gasteiger charge is 2.23. The molecule has 0 spiro atoms. The van der Waals surface area contributed by atoms with Crippen molar-refractivity contribution in [3.8, 4) is 22.5 Å². The van der Waals surface area contributed by atoms with Gasteiger partial charge in [-0.1, -0.05) is 6.07 Å². The molecule has 0 aromatic heterocycles. The summed E-state index contributed by atoms with van der Waals surface area (Å²) in [6.45, 7) is 12.1. The van der Waals surface area contributed by atoms with E-state index < -0.39 is 5.97 Å². The summed E-state index contributed by atoms with van der Waals surface area (Å²) >= 11 is 4.22. The van der Waals surface area contributed by atoms with E-state index in [1.165, 1.54) is 0 Å². The fraction of sp³-hybridized carbons (Fsp3) is 0.310. The normalized spacial score (nSPS) is 11.1. The number of rotatable bonds is 9. The van der Waals surface area contributed by atoms with Gasteiger partial charge in [-0.15, -0.1) is 0 Å². The summed E-state index contributed by atoms with van der Waals surface area (Å²) < 4.78 is 8.78. The molecule has 36 heavy (non-hydrogen) atoms. The number of carboxylic acid groups (broad SMARTS) is 1. The summed E-state index contributed by atoms with van der Waals surface area (Å²) in [5.74, 6) is 0.165. The van der Waals surface area contributed by atoms with Gasteiger partial charge >= 0.3 is 5.97 Å². The van der Waals surface area contributed by atoms with E-state index in [0.717, 1.165) is 65.1 Å². The first-order valence-electron chi connectivity index (χ1n) is 12.5. The van der Waals surface area contributed by atoms with Crippen molar-refractivity contribution >= 4 is 40.9 Å². The highest BCUT2D eigenvalue weighted by atomic mass is 32.1. The second-order valence-electron chi connectivity index (χ2n) is 8.58. The molecule has 6 nitrogen and oxygen atoms in total. The Bertz CT molecular complexity index is 1430. The number of anilines is 2. The van der Waals surface area contributed by atoms with E-state index in [-0.39, 0.29) is 5.56 Å². The highest BCUT2D eigenvalue weighted by molar-refractivity contribution is 7.80. The number of fused-ring (bicyclic) bond motifs is 2. The molecule has 0 bridgehead atoms. The van der Waals surface area contributed by atoms with Gasteiger partial charge < -0.3 is 19.7 Å². The largest absolute Gasteiger partial charge is 0.478 e. The van der Waals surface area contributed by atoms with E-state index >= 15 is 0 Å². The minimum Gasteiger partial charge on any atom is -0.478 e. The van der Waals surface area contributed by atoms with E-state index in [1.54, 1.807) is 6.07 Å². The average Bonchev–Trinajstić information content (AvgIpc) is 2.89. The maximum absolute atomic E-state index is 12.4. The first-order chi connectivity index (χ1) is 17.4. The third-order valence-electron chi connectivity index (χ3n) is 6.75. The van der Waals surface area contributed by atoms with Crippen LogP contribution in [0.5, 0.6) is 0 Å². The van der Waals surface area contributed by atoms with Crippen molar-refractivity contribution in [2.75, 3.05) is 42.3 Å². The highest BCUT2D eigenvalue weighted by Crippen LogP contribution is 2.42. The Morgan fingerprint density at radius 1 is 0.972 bits per heavy atom. The Labute approximate surface area is 217 Å². The predicted octanol–water partition coefficient (Wildman–Crippen LogP) is 5.86.